The first-order valence-electron chi connectivity index (χ1n) is 6.38. The zero-order valence-corrected chi connectivity index (χ0v) is 11.2. The van der Waals surface area contributed by atoms with Gasteiger partial charge in [0, 0.05) is 16.8 Å². The van der Waals surface area contributed by atoms with Crippen molar-refractivity contribution in [2.24, 2.45) is 0 Å². The summed E-state index contributed by atoms with van der Waals surface area (Å²) >= 11 is 0. The van der Waals surface area contributed by atoms with E-state index in [1.807, 2.05) is 19.1 Å². The van der Waals surface area contributed by atoms with Gasteiger partial charge < -0.3 is 5.73 Å². The summed E-state index contributed by atoms with van der Waals surface area (Å²) in [5, 5.41) is 0. The molecule has 1 heterocycles. The quantitative estimate of drug-likeness (QED) is 0.898. The van der Waals surface area contributed by atoms with Gasteiger partial charge in [-0.3, -0.25) is 0 Å². The van der Waals surface area contributed by atoms with Crippen molar-refractivity contribution in [2.45, 2.75) is 33.6 Å². The van der Waals surface area contributed by atoms with E-state index in [4.69, 9.17) is 5.73 Å². The van der Waals surface area contributed by atoms with Crippen molar-refractivity contribution in [1.29, 1.82) is 0 Å². The standard InChI is InChI=1S/C15H19N3/c1-4-11-8-6-7-9-12(11)15-17-13(5-2)10(3)14(16)18-15/h6-9H,4-5H2,1-3H3,(H2,16,17,18). The van der Waals surface area contributed by atoms with E-state index in [0.717, 1.165) is 35.5 Å². The maximum absolute atomic E-state index is 5.97. The monoisotopic (exact) mass is 241 g/mol. The van der Waals surface area contributed by atoms with E-state index in [-0.39, 0.29) is 0 Å². The van der Waals surface area contributed by atoms with Crippen molar-refractivity contribution in [3.8, 4) is 11.4 Å². The van der Waals surface area contributed by atoms with Crippen LogP contribution in [-0.2, 0) is 12.8 Å². The number of aromatic nitrogens is 2. The van der Waals surface area contributed by atoms with Gasteiger partial charge >= 0.3 is 0 Å². The van der Waals surface area contributed by atoms with Crippen molar-refractivity contribution in [3.05, 3.63) is 41.1 Å². The van der Waals surface area contributed by atoms with E-state index >= 15 is 0 Å². The topological polar surface area (TPSA) is 51.8 Å². The molecule has 1 aromatic carbocycles. The Kier molecular flexibility index (Phi) is 3.60. The fraction of sp³-hybridized carbons (Fsp3) is 0.333. The average Bonchev–Trinajstić information content (AvgIpc) is 2.41. The Hall–Kier alpha value is -1.90. The fourth-order valence-corrected chi connectivity index (χ4v) is 2.09. The summed E-state index contributed by atoms with van der Waals surface area (Å²) in [6, 6.07) is 8.23. The van der Waals surface area contributed by atoms with Gasteiger partial charge in [0.15, 0.2) is 5.82 Å². The molecule has 2 N–H and O–H groups in total. The second kappa shape index (κ2) is 5.17. The van der Waals surface area contributed by atoms with Crippen LogP contribution < -0.4 is 5.73 Å². The highest BCUT2D eigenvalue weighted by molar-refractivity contribution is 5.62. The molecule has 2 aromatic rings. The number of anilines is 1. The molecule has 0 saturated heterocycles. The van der Waals surface area contributed by atoms with Gasteiger partial charge in [0.1, 0.15) is 5.82 Å². The lowest BCUT2D eigenvalue weighted by Crippen LogP contribution is -2.05. The first-order valence-corrected chi connectivity index (χ1v) is 6.38. The smallest absolute Gasteiger partial charge is 0.162 e. The van der Waals surface area contributed by atoms with Crippen LogP contribution in [0.4, 0.5) is 5.82 Å². The molecule has 0 bridgehead atoms. The highest BCUT2D eigenvalue weighted by atomic mass is 15.0. The molecular formula is C15H19N3. The maximum Gasteiger partial charge on any atom is 0.162 e. The van der Waals surface area contributed by atoms with Crippen LogP contribution in [0.1, 0.15) is 30.7 Å². The number of hydrogen-bond acceptors (Lipinski definition) is 3. The minimum atomic E-state index is 0.586. The molecule has 18 heavy (non-hydrogen) atoms. The third-order valence-electron chi connectivity index (χ3n) is 3.26. The Labute approximate surface area is 108 Å². The SMILES string of the molecule is CCc1ccccc1-c1nc(N)c(C)c(CC)n1. The maximum atomic E-state index is 5.97. The van der Waals surface area contributed by atoms with Gasteiger partial charge in [-0.05, 0) is 25.3 Å². The molecule has 0 atom stereocenters. The molecule has 3 heteroatoms. The molecular weight excluding hydrogens is 222 g/mol. The molecule has 0 unspecified atom stereocenters. The van der Waals surface area contributed by atoms with Gasteiger partial charge in [0.25, 0.3) is 0 Å². The zero-order valence-electron chi connectivity index (χ0n) is 11.2. The number of rotatable bonds is 3. The van der Waals surface area contributed by atoms with Gasteiger partial charge in [0.05, 0.1) is 0 Å². The fourth-order valence-electron chi connectivity index (χ4n) is 2.09. The Bertz CT molecular complexity index is 562. The van der Waals surface area contributed by atoms with Crippen LogP contribution in [0, 0.1) is 6.92 Å². The number of benzene rings is 1. The van der Waals surface area contributed by atoms with Crippen LogP contribution in [0.3, 0.4) is 0 Å². The largest absolute Gasteiger partial charge is 0.383 e. The molecule has 0 aliphatic heterocycles. The highest BCUT2D eigenvalue weighted by Gasteiger charge is 2.11. The van der Waals surface area contributed by atoms with Gasteiger partial charge in [0.2, 0.25) is 0 Å². The van der Waals surface area contributed by atoms with Crippen LogP contribution in [0.25, 0.3) is 11.4 Å². The third kappa shape index (κ3) is 2.21. The summed E-state index contributed by atoms with van der Waals surface area (Å²) in [5.74, 6) is 1.33. The number of nitrogen functional groups attached to an aromatic ring is 1. The van der Waals surface area contributed by atoms with E-state index in [1.54, 1.807) is 0 Å². The van der Waals surface area contributed by atoms with Crippen LogP contribution in [0.5, 0.6) is 0 Å². The Morgan fingerprint density at radius 2 is 1.78 bits per heavy atom. The van der Waals surface area contributed by atoms with Gasteiger partial charge in [-0.15, -0.1) is 0 Å². The van der Waals surface area contributed by atoms with E-state index < -0.39 is 0 Å². The summed E-state index contributed by atoms with van der Waals surface area (Å²) in [6.45, 7) is 6.20. The predicted octanol–water partition coefficient (Wildman–Crippen LogP) is 3.16. The molecule has 3 nitrogen and oxygen atoms in total. The Morgan fingerprint density at radius 3 is 2.44 bits per heavy atom. The molecule has 94 valence electrons. The van der Waals surface area contributed by atoms with Gasteiger partial charge in [-0.1, -0.05) is 38.1 Å². The molecule has 0 aliphatic carbocycles. The average molecular weight is 241 g/mol. The summed E-state index contributed by atoms with van der Waals surface area (Å²) in [5.41, 5.74) is 10.3. The molecule has 0 fully saturated rings. The highest BCUT2D eigenvalue weighted by Crippen LogP contribution is 2.24. The normalized spacial score (nSPS) is 10.6. The minimum Gasteiger partial charge on any atom is -0.383 e. The van der Waals surface area contributed by atoms with E-state index in [2.05, 4.69) is 35.9 Å². The first kappa shape index (κ1) is 12.6. The van der Waals surface area contributed by atoms with E-state index in [0.29, 0.717) is 5.82 Å². The lowest BCUT2D eigenvalue weighted by atomic mass is 10.0. The molecule has 0 amide bonds. The predicted molar refractivity (Wildman–Crippen MR) is 75.4 cm³/mol. The van der Waals surface area contributed by atoms with Crippen LogP contribution in [-0.4, -0.2) is 9.97 Å². The van der Waals surface area contributed by atoms with Crippen LogP contribution >= 0.6 is 0 Å². The molecule has 0 spiro atoms. The summed E-state index contributed by atoms with van der Waals surface area (Å²) in [6.07, 6.45) is 1.84. The Morgan fingerprint density at radius 1 is 1.06 bits per heavy atom. The molecule has 2 rings (SSSR count). The second-order valence-corrected chi connectivity index (χ2v) is 4.37. The summed E-state index contributed by atoms with van der Waals surface area (Å²) < 4.78 is 0. The lowest BCUT2D eigenvalue weighted by Gasteiger charge is -2.11. The van der Waals surface area contributed by atoms with Crippen molar-refractivity contribution >= 4 is 5.82 Å². The Balaban J connectivity index is 2.61. The van der Waals surface area contributed by atoms with Crippen LogP contribution in [0.2, 0.25) is 0 Å². The summed E-state index contributed by atoms with van der Waals surface area (Å²) in [4.78, 5) is 9.07. The first-order chi connectivity index (χ1) is 8.67. The molecule has 0 aliphatic rings. The van der Waals surface area contributed by atoms with Crippen molar-refractivity contribution in [1.82, 2.24) is 9.97 Å². The number of nitrogens with zero attached hydrogens (tertiary/aromatic N) is 2. The second-order valence-electron chi connectivity index (χ2n) is 4.37. The molecule has 1 aromatic heterocycles. The van der Waals surface area contributed by atoms with Crippen molar-refractivity contribution in [2.75, 3.05) is 5.73 Å². The minimum absolute atomic E-state index is 0.586. The summed E-state index contributed by atoms with van der Waals surface area (Å²) in [7, 11) is 0. The number of aryl methyl sites for hydroxylation is 2. The number of hydrogen-bond donors (Lipinski definition) is 1. The van der Waals surface area contributed by atoms with E-state index in [1.165, 1.54) is 5.56 Å². The molecule has 0 radical (unpaired) electrons. The van der Waals surface area contributed by atoms with E-state index in [9.17, 15) is 0 Å². The zero-order chi connectivity index (χ0) is 13.1. The third-order valence-corrected chi connectivity index (χ3v) is 3.26. The van der Waals surface area contributed by atoms with Gasteiger partial charge in [-0.25, -0.2) is 9.97 Å². The van der Waals surface area contributed by atoms with Gasteiger partial charge in [-0.2, -0.15) is 0 Å². The van der Waals surface area contributed by atoms with Crippen molar-refractivity contribution in [3.63, 3.8) is 0 Å². The lowest BCUT2D eigenvalue weighted by molar-refractivity contribution is 0.978. The van der Waals surface area contributed by atoms with Crippen molar-refractivity contribution < 1.29 is 0 Å². The number of nitrogens with two attached hydrogens (primary N) is 1. The van der Waals surface area contributed by atoms with Crippen LogP contribution in [0.15, 0.2) is 24.3 Å². The molecule has 0 saturated carbocycles.